The lowest BCUT2D eigenvalue weighted by Gasteiger charge is -2.16. The van der Waals surface area contributed by atoms with Crippen LogP contribution in [0.2, 0.25) is 0 Å². The minimum Gasteiger partial charge on any atom is -0.302 e. The first-order chi connectivity index (χ1) is 5.33. The van der Waals surface area contributed by atoms with Crippen LogP contribution in [0.25, 0.3) is 0 Å². The quantitative estimate of drug-likeness (QED) is 0.522. The molecule has 0 spiro atoms. The smallest absolute Gasteiger partial charge is 0.137 e. The molecule has 1 saturated heterocycles. The highest BCUT2D eigenvalue weighted by Crippen LogP contribution is 2.40. The van der Waals surface area contributed by atoms with Gasteiger partial charge in [0.15, 0.2) is 0 Å². The van der Waals surface area contributed by atoms with Gasteiger partial charge in [-0.2, -0.15) is 0 Å². The lowest BCUT2D eigenvalue weighted by Crippen LogP contribution is -2.30. The molecule has 0 radical (unpaired) electrons. The van der Waals surface area contributed by atoms with E-state index in [4.69, 9.17) is 0 Å². The van der Waals surface area contributed by atoms with E-state index in [-0.39, 0.29) is 6.04 Å². The molecule has 0 aromatic rings. The van der Waals surface area contributed by atoms with E-state index < -0.39 is 0 Å². The average Bonchev–Trinajstić information content (AvgIpc) is 2.46. The Bertz CT molecular complexity index is 169. The third kappa shape index (κ3) is 1.00. The van der Waals surface area contributed by atoms with Crippen LogP contribution in [-0.2, 0) is 4.79 Å². The van der Waals surface area contributed by atoms with Gasteiger partial charge in [-0.25, -0.2) is 0 Å². The zero-order chi connectivity index (χ0) is 7.84. The molecule has 0 aromatic heterocycles. The van der Waals surface area contributed by atoms with Crippen molar-refractivity contribution in [3.8, 4) is 0 Å². The number of aldehydes is 1. The molecule has 2 rings (SSSR count). The molecule has 62 valence electrons. The molecule has 3 atom stereocenters. The summed E-state index contributed by atoms with van der Waals surface area (Å²) < 4.78 is 0. The highest BCUT2D eigenvalue weighted by atomic mass is 16.1. The van der Waals surface area contributed by atoms with Crippen LogP contribution < -0.4 is 0 Å². The number of carbonyl (C=O) groups is 1. The Labute approximate surface area is 67.6 Å². The van der Waals surface area contributed by atoms with Crippen molar-refractivity contribution < 1.29 is 4.79 Å². The summed E-state index contributed by atoms with van der Waals surface area (Å²) in [5, 5.41) is 0. The van der Waals surface area contributed by atoms with Crippen molar-refractivity contribution in [2.75, 3.05) is 13.6 Å². The molecular weight excluding hydrogens is 138 g/mol. The summed E-state index contributed by atoms with van der Waals surface area (Å²) in [4.78, 5) is 12.9. The van der Waals surface area contributed by atoms with Crippen LogP contribution in [-0.4, -0.2) is 30.8 Å². The number of likely N-dealkylation sites (tertiary alicyclic amines) is 1. The highest BCUT2D eigenvalue weighted by molar-refractivity contribution is 5.59. The minimum atomic E-state index is 0.238. The number of carbonyl (C=O) groups excluding carboxylic acids is 1. The molecule has 2 aliphatic rings. The number of fused-ring (bicyclic) bond motifs is 1. The Morgan fingerprint density at radius 3 is 3.00 bits per heavy atom. The van der Waals surface area contributed by atoms with Crippen molar-refractivity contribution in [2.24, 2.45) is 11.8 Å². The lowest BCUT2D eigenvalue weighted by molar-refractivity contribution is -0.112. The van der Waals surface area contributed by atoms with Crippen LogP contribution in [0.5, 0.6) is 0 Å². The van der Waals surface area contributed by atoms with Gasteiger partial charge in [-0.15, -0.1) is 0 Å². The molecule has 0 N–H and O–H groups in total. The second kappa shape index (κ2) is 2.59. The van der Waals surface area contributed by atoms with Crippen LogP contribution in [0, 0.1) is 11.8 Å². The zero-order valence-corrected chi connectivity index (χ0v) is 6.99. The molecule has 2 nitrogen and oxygen atoms in total. The van der Waals surface area contributed by atoms with Gasteiger partial charge in [-0.05, 0) is 31.7 Å². The Kier molecular flexibility index (Phi) is 1.72. The van der Waals surface area contributed by atoms with Crippen LogP contribution in [0.4, 0.5) is 0 Å². The molecule has 1 saturated carbocycles. The summed E-state index contributed by atoms with van der Waals surface area (Å²) in [5.41, 5.74) is 0. The molecule has 0 unspecified atom stereocenters. The summed E-state index contributed by atoms with van der Waals surface area (Å²) in [6.07, 6.45) is 5.10. The molecule has 2 fully saturated rings. The molecule has 1 aliphatic carbocycles. The number of likely N-dealkylation sites (N-methyl/N-ethyl adjacent to an activating group) is 1. The molecule has 0 aromatic carbocycles. The monoisotopic (exact) mass is 153 g/mol. The van der Waals surface area contributed by atoms with Gasteiger partial charge >= 0.3 is 0 Å². The van der Waals surface area contributed by atoms with Crippen molar-refractivity contribution in [1.82, 2.24) is 4.90 Å². The Balaban J connectivity index is 2.13. The van der Waals surface area contributed by atoms with Gasteiger partial charge in [0.25, 0.3) is 0 Å². The van der Waals surface area contributed by atoms with E-state index in [1.807, 2.05) is 0 Å². The van der Waals surface area contributed by atoms with E-state index in [9.17, 15) is 4.79 Å². The Hall–Kier alpha value is -0.370. The highest BCUT2D eigenvalue weighted by Gasteiger charge is 2.41. The topological polar surface area (TPSA) is 20.3 Å². The summed E-state index contributed by atoms with van der Waals surface area (Å²) in [6, 6.07) is 0.238. The fraction of sp³-hybridized carbons (Fsp3) is 0.889. The molecule has 1 aliphatic heterocycles. The molecule has 11 heavy (non-hydrogen) atoms. The third-order valence-corrected chi connectivity index (χ3v) is 3.33. The number of hydrogen-bond acceptors (Lipinski definition) is 2. The maximum atomic E-state index is 10.7. The first-order valence-corrected chi connectivity index (χ1v) is 4.48. The fourth-order valence-corrected chi connectivity index (χ4v) is 2.77. The standard InChI is InChI=1S/C9H15NO/c1-10-5-7-3-2-4-8(7)9(10)6-11/h6-9H,2-5H2,1H3/t7-,8-,9+/m0/s1. The van der Waals surface area contributed by atoms with Gasteiger partial charge in [0.1, 0.15) is 6.29 Å². The first kappa shape index (κ1) is 7.29. The molecule has 0 amide bonds. The van der Waals surface area contributed by atoms with Gasteiger partial charge in [0.2, 0.25) is 0 Å². The molecule has 0 bridgehead atoms. The van der Waals surface area contributed by atoms with E-state index >= 15 is 0 Å². The normalized spacial score (nSPS) is 44.3. The van der Waals surface area contributed by atoms with Crippen molar-refractivity contribution in [3.05, 3.63) is 0 Å². The van der Waals surface area contributed by atoms with Crippen LogP contribution >= 0.6 is 0 Å². The van der Waals surface area contributed by atoms with E-state index in [1.54, 1.807) is 0 Å². The van der Waals surface area contributed by atoms with Gasteiger partial charge in [-0.3, -0.25) is 4.90 Å². The van der Waals surface area contributed by atoms with Gasteiger partial charge in [0.05, 0.1) is 6.04 Å². The average molecular weight is 153 g/mol. The maximum absolute atomic E-state index is 10.7. The predicted octanol–water partition coefficient (Wildman–Crippen LogP) is 0.916. The largest absolute Gasteiger partial charge is 0.302 e. The molecular formula is C9H15NO. The fourth-order valence-electron chi connectivity index (χ4n) is 2.77. The van der Waals surface area contributed by atoms with Crippen LogP contribution in [0.15, 0.2) is 0 Å². The van der Waals surface area contributed by atoms with Crippen molar-refractivity contribution in [1.29, 1.82) is 0 Å². The molecule has 1 heterocycles. The van der Waals surface area contributed by atoms with Crippen molar-refractivity contribution in [3.63, 3.8) is 0 Å². The van der Waals surface area contributed by atoms with Gasteiger partial charge < -0.3 is 4.79 Å². The number of rotatable bonds is 1. The zero-order valence-electron chi connectivity index (χ0n) is 6.99. The number of hydrogen-bond donors (Lipinski definition) is 0. The van der Waals surface area contributed by atoms with Gasteiger partial charge in [0, 0.05) is 6.54 Å². The summed E-state index contributed by atoms with van der Waals surface area (Å²) in [5.74, 6) is 1.52. The van der Waals surface area contributed by atoms with E-state index in [2.05, 4.69) is 11.9 Å². The Morgan fingerprint density at radius 1 is 1.45 bits per heavy atom. The minimum absolute atomic E-state index is 0.238. The van der Waals surface area contributed by atoms with Gasteiger partial charge in [-0.1, -0.05) is 6.42 Å². The van der Waals surface area contributed by atoms with Crippen LogP contribution in [0.1, 0.15) is 19.3 Å². The summed E-state index contributed by atoms with van der Waals surface area (Å²) in [6.45, 7) is 1.15. The van der Waals surface area contributed by atoms with E-state index in [0.29, 0.717) is 5.92 Å². The van der Waals surface area contributed by atoms with Crippen molar-refractivity contribution >= 4 is 6.29 Å². The second-order valence-corrected chi connectivity index (χ2v) is 3.92. The predicted molar refractivity (Wildman–Crippen MR) is 43.3 cm³/mol. The van der Waals surface area contributed by atoms with Crippen molar-refractivity contribution in [2.45, 2.75) is 25.3 Å². The Morgan fingerprint density at radius 2 is 2.27 bits per heavy atom. The second-order valence-electron chi connectivity index (χ2n) is 3.92. The third-order valence-electron chi connectivity index (χ3n) is 3.33. The maximum Gasteiger partial charge on any atom is 0.137 e. The summed E-state index contributed by atoms with van der Waals surface area (Å²) >= 11 is 0. The SMILES string of the molecule is CN1C[C@@H]2CCC[C@@H]2[C@H]1C=O. The molecule has 2 heteroatoms. The lowest BCUT2D eigenvalue weighted by atomic mass is 9.95. The number of nitrogens with zero attached hydrogens (tertiary/aromatic N) is 1. The first-order valence-electron chi connectivity index (χ1n) is 4.48. The summed E-state index contributed by atoms with van der Waals surface area (Å²) in [7, 11) is 2.07. The van der Waals surface area contributed by atoms with E-state index in [0.717, 1.165) is 18.7 Å². The van der Waals surface area contributed by atoms with Crippen LogP contribution in [0.3, 0.4) is 0 Å². The van der Waals surface area contributed by atoms with E-state index in [1.165, 1.54) is 19.3 Å².